The van der Waals surface area contributed by atoms with Gasteiger partial charge in [-0.3, -0.25) is 10.1 Å². The van der Waals surface area contributed by atoms with Gasteiger partial charge in [0, 0.05) is 12.1 Å². The number of ether oxygens (including phenoxy) is 1. The van der Waals surface area contributed by atoms with Crippen LogP contribution in [0.25, 0.3) is 0 Å². The first-order chi connectivity index (χ1) is 9.49. The number of nitrogens with zero attached hydrogens (tertiary/aromatic N) is 1. The molecule has 0 bridgehead atoms. The maximum Gasteiger partial charge on any atom is 0.338 e. The molecule has 0 atom stereocenters. The molecule has 0 amide bonds. The second kappa shape index (κ2) is 5.85. The lowest BCUT2D eigenvalue weighted by Crippen LogP contribution is -2.15. The molecule has 1 fully saturated rings. The van der Waals surface area contributed by atoms with E-state index >= 15 is 0 Å². The molecule has 6 nitrogen and oxygen atoms in total. The molecule has 0 spiro atoms. The van der Waals surface area contributed by atoms with Crippen LogP contribution in [-0.2, 0) is 0 Å². The van der Waals surface area contributed by atoms with Crippen molar-refractivity contribution in [3.05, 3.63) is 33.6 Å². The lowest BCUT2D eigenvalue weighted by atomic mass is 9.83. The maximum atomic E-state index is 13.5. The smallest absolute Gasteiger partial charge is 0.338 e. The Morgan fingerprint density at radius 2 is 2.20 bits per heavy atom. The molecule has 1 saturated carbocycles. The van der Waals surface area contributed by atoms with E-state index < -0.39 is 28.0 Å². The van der Waals surface area contributed by atoms with E-state index in [9.17, 15) is 19.3 Å². The number of aromatic carboxylic acids is 1. The summed E-state index contributed by atoms with van der Waals surface area (Å²) in [5, 5.41) is 19.6. The summed E-state index contributed by atoms with van der Waals surface area (Å²) in [4.78, 5) is 20.9. The number of nitro groups is 1. The highest BCUT2D eigenvalue weighted by Crippen LogP contribution is 2.32. The van der Waals surface area contributed by atoms with Gasteiger partial charge in [-0.1, -0.05) is 19.3 Å². The predicted molar refractivity (Wildman–Crippen MR) is 67.5 cm³/mol. The van der Waals surface area contributed by atoms with Crippen LogP contribution in [0, 0.1) is 21.8 Å². The number of hydrogen-bond donors (Lipinski definition) is 1. The van der Waals surface area contributed by atoms with Crippen molar-refractivity contribution in [2.24, 2.45) is 5.92 Å². The minimum Gasteiger partial charge on any atom is -0.487 e. The zero-order valence-electron chi connectivity index (χ0n) is 10.7. The van der Waals surface area contributed by atoms with Gasteiger partial charge in [0.2, 0.25) is 0 Å². The van der Waals surface area contributed by atoms with Crippen molar-refractivity contribution in [1.82, 2.24) is 0 Å². The fourth-order valence-electron chi connectivity index (χ4n) is 2.08. The molecule has 108 valence electrons. The van der Waals surface area contributed by atoms with Crippen LogP contribution in [0.5, 0.6) is 5.75 Å². The number of benzene rings is 1. The van der Waals surface area contributed by atoms with Crippen molar-refractivity contribution in [3.63, 3.8) is 0 Å². The molecule has 0 saturated heterocycles. The largest absolute Gasteiger partial charge is 0.487 e. The highest BCUT2D eigenvalue weighted by Gasteiger charge is 2.24. The van der Waals surface area contributed by atoms with Crippen molar-refractivity contribution in [3.8, 4) is 5.75 Å². The minimum absolute atomic E-state index is 0.225. The second-order valence-corrected chi connectivity index (χ2v) is 4.80. The van der Waals surface area contributed by atoms with E-state index in [1.54, 1.807) is 0 Å². The summed E-state index contributed by atoms with van der Waals surface area (Å²) in [5.41, 5.74) is -1.26. The predicted octanol–water partition coefficient (Wildman–Crippen LogP) is 3.00. The zero-order chi connectivity index (χ0) is 14.7. The van der Waals surface area contributed by atoms with Crippen molar-refractivity contribution in [1.29, 1.82) is 0 Å². The molecule has 1 aliphatic carbocycles. The molecule has 0 unspecified atom stereocenters. The Hall–Kier alpha value is -2.18. The van der Waals surface area contributed by atoms with Crippen molar-refractivity contribution in [2.75, 3.05) is 6.61 Å². The lowest BCUT2D eigenvalue weighted by molar-refractivity contribution is -0.386. The second-order valence-electron chi connectivity index (χ2n) is 4.80. The Morgan fingerprint density at radius 3 is 2.70 bits per heavy atom. The molecule has 20 heavy (non-hydrogen) atoms. The van der Waals surface area contributed by atoms with E-state index in [0.29, 0.717) is 12.0 Å². The van der Waals surface area contributed by atoms with Crippen molar-refractivity contribution < 1.29 is 24.0 Å². The number of hydrogen-bond acceptors (Lipinski definition) is 4. The first-order valence-electron chi connectivity index (χ1n) is 6.33. The molecular formula is C13H14FNO5. The fourth-order valence-corrected chi connectivity index (χ4v) is 2.08. The van der Waals surface area contributed by atoms with Gasteiger partial charge in [-0.15, -0.1) is 0 Å². The average molecular weight is 283 g/mol. The lowest BCUT2D eigenvalue weighted by Gasteiger charge is -2.24. The molecule has 1 aliphatic rings. The molecule has 0 radical (unpaired) electrons. The van der Waals surface area contributed by atoms with Gasteiger partial charge in [-0.05, 0) is 12.3 Å². The molecule has 2 rings (SSSR count). The van der Waals surface area contributed by atoms with E-state index in [2.05, 4.69) is 0 Å². The van der Waals surface area contributed by atoms with E-state index in [1.807, 2.05) is 0 Å². The summed E-state index contributed by atoms with van der Waals surface area (Å²) in [5.74, 6) is -2.25. The third-order valence-electron chi connectivity index (χ3n) is 3.48. The normalized spacial score (nSPS) is 14.7. The zero-order valence-corrected chi connectivity index (χ0v) is 10.7. The van der Waals surface area contributed by atoms with Gasteiger partial charge in [0.05, 0.1) is 11.5 Å². The first-order valence-corrected chi connectivity index (χ1v) is 6.33. The van der Waals surface area contributed by atoms with Crippen LogP contribution in [-0.4, -0.2) is 22.6 Å². The summed E-state index contributed by atoms with van der Waals surface area (Å²) in [7, 11) is 0. The first kappa shape index (κ1) is 14.2. The fraction of sp³-hybridized carbons (Fsp3) is 0.462. The van der Waals surface area contributed by atoms with Crippen LogP contribution in [0.2, 0.25) is 0 Å². The molecular weight excluding hydrogens is 269 g/mol. The Bertz CT molecular complexity index is 542. The van der Waals surface area contributed by atoms with Crippen LogP contribution in [0.3, 0.4) is 0 Å². The number of carboxylic acids is 1. The van der Waals surface area contributed by atoms with E-state index in [4.69, 9.17) is 9.84 Å². The molecule has 1 N–H and O–H groups in total. The third-order valence-corrected chi connectivity index (χ3v) is 3.48. The molecule has 0 heterocycles. The molecule has 0 aromatic heterocycles. The van der Waals surface area contributed by atoms with Gasteiger partial charge in [-0.2, -0.15) is 0 Å². The van der Waals surface area contributed by atoms with Crippen LogP contribution in [0.15, 0.2) is 12.1 Å². The Morgan fingerprint density at radius 1 is 1.50 bits per heavy atom. The topological polar surface area (TPSA) is 89.7 Å². The number of carboxylic acid groups (broad SMARTS) is 1. The monoisotopic (exact) mass is 283 g/mol. The summed E-state index contributed by atoms with van der Waals surface area (Å²) in [6.07, 6.45) is 4.20. The van der Waals surface area contributed by atoms with Gasteiger partial charge in [0.25, 0.3) is 0 Å². The van der Waals surface area contributed by atoms with Gasteiger partial charge in [0.1, 0.15) is 11.4 Å². The van der Waals surface area contributed by atoms with Gasteiger partial charge >= 0.3 is 11.7 Å². The summed E-state index contributed by atoms with van der Waals surface area (Å²) in [6.45, 7) is 0.261. The highest BCUT2D eigenvalue weighted by molar-refractivity contribution is 5.89. The van der Waals surface area contributed by atoms with E-state index in [-0.39, 0.29) is 12.4 Å². The molecule has 0 aliphatic heterocycles. The van der Waals surface area contributed by atoms with E-state index in [1.165, 1.54) is 6.42 Å². The number of rotatable bonds is 6. The van der Waals surface area contributed by atoms with E-state index in [0.717, 1.165) is 25.3 Å². The van der Waals surface area contributed by atoms with Crippen LogP contribution >= 0.6 is 0 Å². The average Bonchev–Trinajstić information content (AvgIpc) is 2.31. The third kappa shape index (κ3) is 3.04. The van der Waals surface area contributed by atoms with Crippen molar-refractivity contribution in [2.45, 2.75) is 25.7 Å². The van der Waals surface area contributed by atoms with Crippen LogP contribution < -0.4 is 4.74 Å². The van der Waals surface area contributed by atoms with Crippen LogP contribution in [0.1, 0.15) is 36.0 Å². The molecule has 7 heteroatoms. The quantitative estimate of drug-likeness (QED) is 0.640. The standard InChI is InChI=1S/C13H14FNO5/c14-10-7-12(20-5-4-8-2-1-3-8)11(15(18)19)6-9(10)13(16)17/h6-8H,1-5H2,(H,16,17). The molecule has 1 aromatic rings. The Kier molecular flexibility index (Phi) is 4.16. The summed E-state index contributed by atoms with van der Waals surface area (Å²) < 4.78 is 18.8. The summed E-state index contributed by atoms with van der Waals surface area (Å²) >= 11 is 0. The Labute approximate surface area is 114 Å². The summed E-state index contributed by atoms with van der Waals surface area (Å²) in [6, 6.07) is 1.46. The van der Waals surface area contributed by atoms with Gasteiger partial charge in [-0.25, -0.2) is 9.18 Å². The SMILES string of the molecule is O=C(O)c1cc([N+](=O)[O-])c(OCCC2CCC2)cc1F. The Balaban J connectivity index is 2.15. The van der Waals surface area contributed by atoms with Gasteiger partial charge in [0.15, 0.2) is 5.75 Å². The van der Waals surface area contributed by atoms with Crippen LogP contribution in [0.4, 0.5) is 10.1 Å². The van der Waals surface area contributed by atoms with Gasteiger partial charge < -0.3 is 9.84 Å². The number of nitro benzene ring substituents is 1. The molecule has 1 aromatic carbocycles. The number of halogens is 1. The highest BCUT2D eigenvalue weighted by atomic mass is 19.1. The minimum atomic E-state index is -1.55. The number of carbonyl (C=O) groups is 1. The van der Waals surface area contributed by atoms with Crippen molar-refractivity contribution >= 4 is 11.7 Å². The maximum absolute atomic E-state index is 13.5.